The topological polar surface area (TPSA) is 38.5 Å². The number of halogens is 1. The molecule has 0 aromatic heterocycles. The average molecular weight is 294 g/mol. The summed E-state index contributed by atoms with van der Waals surface area (Å²) in [5, 5.41) is 0. The van der Waals surface area contributed by atoms with Gasteiger partial charge in [-0.25, -0.2) is 4.39 Å². The van der Waals surface area contributed by atoms with Crippen LogP contribution in [-0.4, -0.2) is 31.1 Å². The standard InChI is InChI=1S/C17H27FN2O/c1-3-14-7-5-4-6-10-20(14)12-16(19)13-8-9-17(21-2)15(18)11-13/h8-9,11,14,16H,3-7,10,12,19H2,1-2H3. The summed E-state index contributed by atoms with van der Waals surface area (Å²) in [6.45, 7) is 4.14. The Morgan fingerprint density at radius 1 is 1.38 bits per heavy atom. The van der Waals surface area contributed by atoms with Gasteiger partial charge < -0.3 is 10.5 Å². The summed E-state index contributed by atoms with van der Waals surface area (Å²) in [5.41, 5.74) is 7.15. The van der Waals surface area contributed by atoms with E-state index in [-0.39, 0.29) is 17.6 Å². The van der Waals surface area contributed by atoms with E-state index in [0.29, 0.717) is 6.04 Å². The molecule has 1 aliphatic rings. The van der Waals surface area contributed by atoms with Crippen molar-refractivity contribution in [2.24, 2.45) is 5.73 Å². The fourth-order valence-electron chi connectivity index (χ4n) is 3.21. The number of likely N-dealkylation sites (tertiary alicyclic amines) is 1. The SMILES string of the molecule is CCC1CCCCCN1CC(N)c1ccc(OC)c(F)c1. The van der Waals surface area contributed by atoms with Crippen LogP contribution >= 0.6 is 0 Å². The lowest BCUT2D eigenvalue weighted by atomic mass is 10.0. The maximum Gasteiger partial charge on any atom is 0.165 e. The van der Waals surface area contributed by atoms with Crippen LogP contribution in [0.3, 0.4) is 0 Å². The van der Waals surface area contributed by atoms with E-state index in [0.717, 1.165) is 25.1 Å². The molecule has 1 saturated heterocycles. The van der Waals surface area contributed by atoms with E-state index in [2.05, 4.69) is 11.8 Å². The molecule has 2 atom stereocenters. The van der Waals surface area contributed by atoms with Crippen molar-refractivity contribution in [1.29, 1.82) is 0 Å². The third-order valence-corrected chi connectivity index (χ3v) is 4.51. The summed E-state index contributed by atoms with van der Waals surface area (Å²) in [4.78, 5) is 2.49. The highest BCUT2D eigenvalue weighted by molar-refractivity contribution is 5.31. The van der Waals surface area contributed by atoms with Crippen molar-refractivity contribution in [3.05, 3.63) is 29.6 Å². The highest BCUT2D eigenvalue weighted by Gasteiger charge is 2.22. The summed E-state index contributed by atoms with van der Waals surface area (Å²) in [6, 6.07) is 5.48. The van der Waals surface area contributed by atoms with Crippen molar-refractivity contribution in [2.75, 3.05) is 20.2 Å². The van der Waals surface area contributed by atoms with Crippen molar-refractivity contribution in [3.8, 4) is 5.75 Å². The van der Waals surface area contributed by atoms with Crippen LogP contribution in [0.5, 0.6) is 5.75 Å². The maximum atomic E-state index is 13.8. The molecule has 4 heteroatoms. The molecule has 0 aliphatic carbocycles. The summed E-state index contributed by atoms with van der Waals surface area (Å²) in [6.07, 6.45) is 6.25. The first-order valence-corrected chi connectivity index (χ1v) is 7.98. The highest BCUT2D eigenvalue weighted by Crippen LogP contribution is 2.24. The molecule has 2 unspecified atom stereocenters. The Morgan fingerprint density at radius 2 is 2.19 bits per heavy atom. The first-order chi connectivity index (χ1) is 10.2. The van der Waals surface area contributed by atoms with Crippen molar-refractivity contribution < 1.29 is 9.13 Å². The number of methoxy groups -OCH3 is 1. The van der Waals surface area contributed by atoms with Crippen molar-refractivity contribution >= 4 is 0 Å². The van der Waals surface area contributed by atoms with E-state index in [9.17, 15) is 4.39 Å². The second-order valence-electron chi connectivity index (χ2n) is 5.91. The third-order valence-electron chi connectivity index (χ3n) is 4.51. The molecule has 0 saturated carbocycles. The molecule has 0 bridgehead atoms. The van der Waals surface area contributed by atoms with Gasteiger partial charge in [-0.15, -0.1) is 0 Å². The predicted octanol–water partition coefficient (Wildman–Crippen LogP) is 3.49. The lowest BCUT2D eigenvalue weighted by Gasteiger charge is -2.31. The van der Waals surface area contributed by atoms with Crippen molar-refractivity contribution in [3.63, 3.8) is 0 Å². The highest BCUT2D eigenvalue weighted by atomic mass is 19.1. The van der Waals surface area contributed by atoms with Gasteiger partial charge in [0.15, 0.2) is 11.6 Å². The van der Waals surface area contributed by atoms with E-state index >= 15 is 0 Å². The quantitative estimate of drug-likeness (QED) is 0.903. The molecule has 21 heavy (non-hydrogen) atoms. The zero-order valence-electron chi connectivity index (χ0n) is 13.1. The van der Waals surface area contributed by atoms with Gasteiger partial charge in [0.1, 0.15) is 0 Å². The van der Waals surface area contributed by atoms with E-state index < -0.39 is 0 Å². The summed E-state index contributed by atoms with van der Waals surface area (Å²) in [5.74, 6) is -0.0690. The smallest absolute Gasteiger partial charge is 0.165 e. The van der Waals surface area contributed by atoms with Crippen LogP contribution in [0.4, 0.5) is 4.39 Å². The zero-order valence-corrected chi connectivity index (χ0v) is 13.1. The van der Waals surface area contributed by atoms with Gasteiger partial charge in [0.25, 0.3) is 0 Å². The van der Waals surface area contributed by atoms with Crippen LogP contribution in [-0.2, 0) is 0 Å². The van der Waals surface area contributed by atoms with Crippen LogP contribution in [0.25, 0.3) is 0 Å². The molecule has 1 aromatic rings. The summed E-state index contributed by atoms with van der Waals surface area (Å²) in [7, 11) is 1.47. The lowest BCUT2D eigenvalue weighted by Crippen LogP contribution is -2.39. The van der Waals surface area contributed by atoms with E-state index in [1.807, 2.05) is 6.07 Å². The number of ether oxygens (including phenoxy) is 1. The van der Waals surface area contributed by atoms with Crippen LogP contribution < -0.4 is 10.5 Å². The van der Waals surface area contributed by atoms with E-state index in [1.54, 1.807) is 6.07 Å². The minimum atomic E-state index is -0.339. The largest absolute Gasteiger partial charge is 0.494 e. The van der Waals surface area contributed by atoms with Gasteiger partial charge >= 0.3 is 0 Å². The predicted molar refractivity (Wildman–Crippen MR) is 84.0 cm³/mol. The molecule has 1 aromatic carbocycles. The Bertz CT molecular complexity index is 452. The Labute approximate surface area is 127 Å². The number of rotatable bonds is 5. The monoisotopic (exact) mass is 294 g/mol. The molecule has 2 rings (SSSR count). The minimum Gasteiger partial charge on any atom is -0.494 e. The first-order valence-electron chi connectivity index (χ1n) is 7.98. The normalized spacial score (nSPS) is 21.8. The van der Waals surface area contributed by atoms with Gasteiger partial charge in [0.2, 0.25) is 0 Å². The van der Waals surface area contributed by atoms with E-state index in [4.69, 9.17) is 10.5 Å². The van der Waals surface area contributed by atoms with Crippen LogP contribution in [0, 0.1) is 5.82 Å². The molecule has 0 radical (unpaired) electrons. The minimum absolute atomic E-state index is 0.155. The fourth-order valence-corrected chi connectivity index (χ4v) is 3.21. The van der Waals surface area contributed by atoms with Gasteiger partial charge in [-0.1, -0.05) is 25.8 Å². The third kappa shape index (κ3) is 4.17. The molecule has 1 fully saturated rings. The summed E-state index contributed by atoms with van der Waals surface area (Å²) >= 11 is 0. The Kier molecular flexibility index (Phi) is 6.00. The zero-order chi connectivity index (χ0) is 15.2. The van der Waals surface area contributed by atoms with Crippen LogP contribution in [0.1, 0.15) is 50.6 Å². The second-order valence-corrected chi connectivity index (χ2v) is 5.91. The number of nitrogens with zero attached hydrogens (tertiary/aromatic N) is 1. The molecular weight excluding hydrogens is 267 g/mol. The Hall–Kier alpha value is -1.13. The van der Waals surface area contributed by atoms with Crippen molar-refractivity contribution in [1.82, 2.24) is 4.90 Å². The lowest BCUT2D eigenvalue weighted by molar-refractivity contribution is 0.183. The molecular formula is C17H27FN2O. The number of benzene rings is 1. The van der Waals surface area contributed by atoms with Gasteiger partial charge in [0.05, 0.1) is 7.11 Å². The number of hydrogen-bond donors (Lipinski definition) is 1. The van der Waals surface area contributed by atoms with Crippen LogP contribution in [0.15, 0.2) is 18.2 Å². The second kappa shape index (κ2) is 7.76. The van der Waals surface area contributed by atoms with Crippen LogP contribution in [0.2, 0.25) is 0 Å². The molecule has 1 heterocycles. The van der Waals surface area contributed by atoms with Gasteiger partial charge in [-0.3, -0.25) is 4.90 Å². The molecule has 118 valence electrons. The van der Waals surface area contributed by atoms with E-state index in [1.165, 1.54) is 38.9 Å². The molecule has 0 amide bonds. The Morgan fingerprint density at radius 3 is 2.86 bits per heavy atom. The fraction of sp³-hybridized carbons (Fsp3) is 0.647. The maximum absolute atomic E-state index is 13.8. The van der Waals surface area contributed by atoms with Gasteiger partial charge in [0, 0.05) is 18.6 Å². The first kappa shape index (κ1) is 16.2. The van der Waals surface area contributed by atoms with Gasteiger partial charge in [-0.2, -0.15) is 0 Å². The van der Waals surface area contributed by atoms with Gasteiger partial charge in [-0.05, 0) is 43.5 Å². The molecule has 2 N–H and O–H groups in total. The summed E-state index contributed by atoms with van der Waals surface area (Å²) < 4.78 is 18.8. The Balaban J connectivity index is 2.05. The number of hydrogen-bond acceptors (Lipinski definition) is 3. The molecule has 0 spiro atoms. The number of nitrogens with two attached hydrogens (primary N) is 1. The average Bonchev–Trinajstić information content (AvgIpc) is 2.72. The molecule has 1 aliphatic heterocycles. The van der Waals surface area contributed by atoms with Crippen molar-refractivity contribution in [2.45, 2.75) is 51.1 Å². The molecule has 3 nitrogen and oxygen atoms in total.